The highest BCUT2D eigenvalue weighted by Gasteiger charge is 2.26. The molecule has 414 valence electrons. The molecular formula is C62H115NO7P+. The number of hydrogen-bond donors (Lipinski definition) is 1. The van der Waals surface area contributed by atoms with Crippen molar-refractivity contribution in [3.05, 3.63) is 72.9 Å². The van der Waals surface area contributed by atoms with Gasteiger partial charge in [-0.15, -0.1) is 0 Å². The highest BCUT2D eigenvalue weighted by molar-refractivity contribution is 7.47. The second kappa shape index (κ2) is 54.2. The van der Waals surface area contributed by atoms with E-state index in [4.69, 9.17) is 18.5 Å². The number of nitrogens with zero attached hydrogens (tertiary/aromatic N) is 1. The van der Waals surface area contributed by atoms with Gasteiger partial charge < -0.3 is 18.9 Å². The first-order valence-corrected chi connectivity index (χ1v) is 31.2. The lowest BCUT2D eigenvalue weighted by molar-refractivity contribution is -0.870. The summed E-state index contributed by atoms with van der Waals surface area (Å²) in [7, 11) is 1.67. The van der Waals surface area contributed by atoms with Crippen LogP contribution in [-0.4, -0.2) is 75.6 Å². The van der Waals surface area contributed by atoms with Gasteiger partial charge in [-0.25, -0.2) is 4.57 Å². The standard InChI is InChI=1S/C62H114NO7P/c1-6-8-10-12-14-16-18-20-22-24-26-28-30-31-32-34-36-38-40-42-44-46-48-50-52-54-57-67-59-61(60-69-71(65,66)68-58-56-63(3,4)5)70-62(64)55-53-51-49-47-45-43-41-39-37-35-33-29-27-25-23-21-19-17-15-13-11-9-7-2/h8,10,14,16,19-22,25-28,61H,6-7,9,11-13,15,17-18,23-24,29-60H2,1-5H3/p+1/b10-8-,16-14-,21-19-,22-20-,27-25-,28-26-. The van der Waals surface area contributed by atoms with Gasteiger partial charge in [0.1, 0.15) is 19.3 Å². The fraction of sp³-hybridized carbons (Fsp3) is 0.790. The highest BCUT2D eigenvalue weighted by Crippen LogP contribution is 2.43. The number of phosphoric acid groups is 1. The molecule has 0 aromatic rings. The number of carbonyl (C=O) groups is 1. The maximum atomic E-state index is 12.8. The van der Waals surface area contributed by atoms with Gasteiger partial charge in [-0.1, -0.05) is 241 Å². The van der Waals surface area contributed by atoms with E-state index in [1.54, 1.807) is 0 Å². The first-order valence-electron chi connectivity index (χ1n) is 29.7. The molecule has 2 unspecified atom stereocenters. The SMILES string of the molecule is CC/C=C\C/C=C\C/C=C\C/C=C\CCCCCCCCCCCCCCCOCC(COP(=O)(O)OCC[N+](C)(C)C)OC(=O)CCCCCCCCCCCCC/C=C\C/C=C\CCCCCCC. The zero-order chi connectivity index (χ0) is 51.9. The first kappa shape index (κ1) is 68.9. The van der Waals surface area contributed by atoms with Crippen LogP contribution in [0.1, 0.15) is 258 Å². The maximum Gasteiger partial charge on any atom is 0.472 e. The fourth-order valence-corrected chi connectivity index (χ4v) is 8.97. The van der Waals surface area contributed by atoms with Crippen molar-refractivity contribution in [3.8, 4) is 0 Å². The Bertz CT molecular complexity index is 1370. The van der Waals surface area contributed by atoms with Crippen LogP contribution >= 0.6 is 7.82 Å². The number of quaternary nitrogens is 1. The van der Waals surface area contributed by atoms with Crippen molar-refractivity contribution < 1.29 is 37.3 Å². The molecule has 0 saturated heterocycles. The zero-order valence-corrected chi connectivity index (χ0v) is 48.1. The molecule has 0 saturated carbocycles. The minimum Gasteiger partial charge on any atom is -0.457 e. The highest BCUT2D eigenvalue weighted by atomic mass is 31.2. The minimum atomic E-state index is -4.29. The Hall–Kier alpha value is -2.06. The number of likely N-dealkylation sites (N-methyl/N-ethyl adjacent to an activating group) is 1. The Labute approximate surface area is 440 Å². The van der Waals surface area contributed by atoms with Gasteiger partial charge in [-0.05, 0) is 83.5 Å². The van der Waals surface area contributed by atoms with Crippen LogP contribution in [0.3, 0.4) is 0 Å². The number of ether oxygens (including phenoxy) is 2. The number of carbonyl (C=O) groups excluding carboxylic acids is 1. The Kier molecular flexibility index (Phi) is 52.6. The summed E-state index contributed by atoms with van der Waals surface area (Å²) >= 11 is 0. The molecule has 0 radical (unpaired) electrons. The monoisotopic (exact) mass is 1020 g/mol. The molecule has 0 aliphatic carbocycles. The summed E-state index contributed by atoms with van der Waals surface area (Å²) in [5.41, 5.74) is 0. The van der Waals surface area contributed by atoms with Gasteiger partial charge >= 0.3 is 13.8 Å². The van der Waals surface area contributed by atoms with Crippen LogP contribution in [-0.2, 0) is 27.9 Å². The molecule has 0 aliphatic rings. The van der Waals surface area contributed by atoms with Gasteiger partial charge in [-0.3, -0.25) is 13.8 Å². The van der Waals surface area contributed by atoms with Crippen LogP contribution in [0.15, 0.2) is 72.9 Å². The van der Waals surface area contributed by atoms with Gasteiger partial charge in [0.25, 0.3) is 0 Å². The van der Waals surface area contributed by atoms with Gasteiger partial charge in [0.15, 0.2) is 0 Å². The van der Waals surface area contributed by atoms with Crippen LogP contribution in [0.4, 0.5) is 0 Å². The smallest absolute Gasteiger partial charge is 0.457 e. The largest absolute Gasteiger partial charge is 0.472 e. The van der Waals surface area contributed by atoms with E-state index in [0.29, 0.717) is 24.1 Å². The maximum absolute atomic E-state index is 12.8. The van der Waals surface area contributed by atoms with E-state index in [1.165, 1.54) is 173 Å². The Morgan fingerprint density at radius 3 is 1.23 bits per heavy atom. The van der Waals surface area contributed by atoms with Gasteiger partial charge in [0.05, 0.1) is 34.4 Å². The second-order valence-electron chi connectivity index (χ2n) is 21.0. The normalized spacial score (nSPS) is 13.9. The van der Waals surface area contributed by atoms with Crippen molar-refractivity contribution in [2.75, 3.05) is 54.1 Å². The molecule has 1 N–H and O–H groups in total. The summed E-state index contributed by atoms with van der Waals surface area (Å²) in [6.07, 6.45) is 72.5. The fourth-order valence-electron chi connectivity index (χ4n) is 8.22. The van der Waals surface area contributed by atoms with Crippen molar-refractivity contribution in [3.63, 3.8) is 0 Å². The Morgan fingerprint density at radius 2 is 0.817 bits per heavy atom. The third-order valence-corrected chi connectivity index (χ3v) is 13.7. The van der Waals surface area contributed by atoms with Crippen LogP contribution in [0, 0.1) is 0 Å². The number of rotatable bonds is 55. The number of esters is 1. The molecule has 9 heteroatoms. The summed E-state index contributed by atoms with van der Waals surface area (Å²) in [6.45, 7) is 5.52. The van der Waals surface area contributed by atoms with E-state index in [9.17, 15) is 14.3 Å². The van der Waals surface area contributed by atoms with Gasteiger partial charge in [-0.2, -0.15) is 0 Å². The molecule has 8 nitrogen and oxygen atoms in total. The third-order valence-electron chi connectivity index (χ3n) is 12.8. The van der Waals surface area contributed by atoms with Crippen LogP contribution < -0.4 is 0 Å². The van der Waals surface area contributed by atoms with E-state index in [-0.39, 0.29) is 25.8 Å². The van der Waals surface area contributed by atoms with Crippen LogP contribution in [0.5, 0.6) is 0 Å². The van der Waals surface area contributed by atoms with Crippen LogP contribution in [0.25, 0.3) is 0 Å². The van der Waals surface area contributed by atoms with Crippen LogP contribution in [0.2, 0.25) is 0 Å². The Balaban J connectivity index is 4.06. The molecular weight excluding hydrogens is 902 g/mol. The molecule has 2 atom stereocenters. The summed E-state index contributed by atoms with van der Waals surface area (Å²) < 4.78 is 35.3. The summed E-state index contributed by atoms with van der Waals surface area (Å²) in [6, 6.07) is 0. The molecule has 0 spiro atoms. The second-order valence-corrected chi connectivity index (χ2v) is 22.4. The lowest BCUT2D eigenvalue weighted by Gasteiger charge is -2.24. The third kappa shape index (κ3) is 58.7. The molecule has 0 rings (SSSR count). The van der Waals surface area contributed by atoms with E-state index >= 15 is 0 Å². The lowest BCUT2D eigenvalue weighted by Crippen LogP contribution is -2.37. The molecule has 0 fully saturated rings. The predicted octanol–water partition coefficient (Wildman–Crippen LogP) is 19.0. The Morgan fingerprint density at radius 1 is 0.451 bits per heavy atom. The van der Waals surface area contributed by atoms with Crippen molar-refractivity contribution in [1.29, 1.82) is 0 Å². The van der Waals surface area contributed by atoms with E-state index in [2.05, 4.69) is 86.8 Å². The average Bonchev–Trinajstić information content (AvgIpc) is 3.33. The molecule has 71 heavy (non-hydrogen) atoms. The first-order chi connectivity index (χ1) is 34.6. The number of allylic oxidation sites excluding steroid dienone is 12. The van der Waals surface area contributed by atoms with Gasteiger partial charge in [0, 0.05) is 13.0 Å². The van der Waals surface area contributed by atoms with Gasteiger partial charge in [0.2, 0.25) is 0 Å². The zero-order valence-electron chi connectivity index (χ0n) is 47.2. The molecule has 0 aliphatic heterocycles. The molecule has 0 amide bonds. The summed E-state index contributed by atoms with van der Waals surface area (Å²) in [5.74, 6) is -0.315. The molecule has 0 aromatic carbocycles. The topological polar surface area (TPSA) is 91.3 Å². The van der Waals surface area contributed by atoms with Crippen molar-refractivity contribution in [1.82, 2.24) is 0 Å². The van der Waals surface area contributed by atoms with Crippen molar-refractivity contribution in [2.45, 2.75) is 264 Å². The predicted molar refractivity (Wildman–Crippen MR) is 307 cm³/mol. The molecule has 0 aromatic heterocycles. The number of unbranched alkanes of at least 4 members (excludes halogenated alkanes) is 29. The molecule has 0 bridgehead atoms. The molecule has 0 heterocycles. The minimum absolute atomic E-state index is 0.0861. The van der Waals surface area contributed by atoms with E-state index < -0.39 is 13.9 Å². The van der Waals surface area contributed by atoms with E-state index in [0.717, 1.165) is 64.2 Å². The summed E-state index contributed by atoms with van der Waals surface area (Å²) in [4.78, 5) is 23.1. The number of phosphoric ester groups is 1. The van der Waals surface area contributed by atoms with E-state index in [1.807, 2.05) is 21.1 Å². The lowest BCUT2D eigenvalue weighted by atomic mass is 10.0. The van der Waals surface area contributed by atoms with Crippen molar-refractivity contribution in [2.24, 2.45) is 0 Å². The summed E-state index contributed by atoms with van der Waals surface area (Å²) in [5, 5.41) is 0. The average molecular weight is 1020 g/mol. The van der Waals surface area contributed by atoms with Crippen molar-refractivity contribution >= 4 is 13.8 Å². The number of hydrogen-bond acceptors (Lipinski definition) is 6. The quantitative estimate of drug-likeness (QED) is 0.0213.